The van der Waals surface area contributed by atoms with E-state index in [0.717, 1.165) is 0 Å². The first-order chi connectivity index (χ1) is 6.63. The number of hydrogen-bond donors (Lipinski definition) is 0. The molecule has 0 saturated carbocycles. The first-order valence-electron chi connectivity index (χ1n) is 5.21. The van der Waals surface area contributed by atoms with Crippen molar-refractivity contribution in [1.82, 2.24) is 4.40 Å². The Hall–Kier alpha value is -1.24. The zero-order chi connectivity index (χ0) is 10.2. The monoisotopic (exact) mass is 187 g/mol. The van der Waals surface area contributed by atoms with Gasteiger partial charge in [0.1, 0.15) is 0 Å². The first kappa shape index (κ1) is 9.32. The minimum Gasteiger partial charge on any atom is -0.324 e. The Kier molecular flexibility index (Phi) is 2.10. The van der Waals surface area contributed by atoms with Gasteiger partial charge in [-0.1, -0.05) is 20.8 Å². The van der Waals surface area contributed by atoms with Crippen molar-refractivity contribution in [3.63, 3.8) is 0 Å². The lowest BCUT2D eigenvalue weighted by Crippen LogP contribution is -2.15. The fraction of sp³-hybridized carbons (Fsp3) is 0.385. The van der Waals surface area contributed by atoms with Gasteiger partial charge in [-0.15, -0.1) is 0 Å². The van der Waals surface area contributed by atoms with E-state index in [0.29, 0.717) is 0 Å². The van der Waals surface area contributed by atoms with Crippen LogP contribution in [-0.4, -0.2) is 4.40 Å². The van der Waals surface area contributed by atoms with Crippen molar-refractivity contribution in [3.8, 4) is 0 Å². The van der Waals surface area contributed by atoms with Gasteiger partial charge in [0, 0.05) is 17.9 Å². The van der Waals surface area contributed by atoms with Gasteiger partial charge < -0.3 is 4.40 Å². The normalized spacial score (nSPS) is 12.2. The summed E-state index contributed by atoms with van der Waals surface area (Å²) in [6.45, 7) is 6.83. The van der Waals surface area contributed by atoms with Gasteiger partial charge in [0.15, 0.2) is 0 Å². The number of hydrogen-bond acceptors (Lipinski definition) is 0. The zero-order valence-corrected chi connectivity index (χ0v) is 9.12. The summed E-state index contributed by atoms with van der Waals surface area (Å²) in [5.41, 5.74) is 2.99. The molecule has 0 aromatic carbocycles. The van der Waals surface area contributed by atoms with Crippen LogP contribution < -0.4 is 0 Å². The first-order valence-corrected chi connectivity index (χ1v) is 5.21. The maximum atomic E-state index is 2.29. The topological polar surface area (TPSA) is 4.41 Å². The van der Waals surface area contributed by atoms with Crippen LogP contribution in [0.2, 0.25) is 0 Å². The molecule has 0 unspecified atom stereocenters. The van der Waals surface area contributed by atoms with E-state index in [4.69, 9.17) is 0 Å². The van der Waals surface area contributed by atoms with E-state index < -0.39 is 0 Å². The maximum Gasteiger partial charge on any atom is 0.0452 e. The molecule has 0 saturated heterocycles. The Morgan fingerprint density at radius 2 is 2.00 bits per heavy atom. The Labute approximate surface area is 85.4 Å². The van der Waals surface area contributed by atoms with Gasteiger partial charge in [0.2, 0.25) is 0 Å². The van der Waals surface area contributed by atoms with E-state index in [1.807, 2.05) is 0 Å². The number of fused-ring (bicyclic) bond motifs is 1. The summed E-state index contributed by atoms with van der Waals surface area (Å²) < 4.78 is 2.15. The Morgan fingerprint density at radius 3 is 2.71 bits per heavy atom. The lowest BCUT2D eigenvalue weighted by atomic mass is 9.83. The molecule has 0 aliphatic carbocycles. The van der Waals surface area contributed by atoms with Crippen LogP contribution in [0.3, 0.4) is 0 Å². The minimum absolute atomic E-state index is 0.284. The number of pyridine rings is 1. The molecule has 0 aliphatic heterocycles. The van der Waals surface area contributed by atoms with E-state index in [1.54, 1.807) is 0 Å². The highest BCUT2D eigenvalue weighted by Gasteiger charge is 2.17. The van der Waals surface area contributed by atoms with Crippen molar-refractivity contribution >= 4 is 5.52 Å². The fourth-order valence-electron chi connectivity index (χ4n) is 1.66. The van der Waals surface area contributed by atoms with Gasteiger partial charge in [-0.05, 0) is 41.7 Å². The molecule has 14 heavy (non-hydrogen) atoms. The number of nitrogens with zero attached hydrogens (tertiary/aromatic N) is 1. The molecule has 0 atom stereocenters. The molecule has 0 fully saturated rings. The van der Waals surface area contributed by atoms with Crippen molar-refractivity contribution in [2.24, 2.45) is 0 Å². The van der Waals surface area contributed by atoms with Crippen LogP contribution in [0.15, 0.2) is 36.7 Å². The van der Waals surface area contributed by atoms with Crippen molar-refractivity contribution in [3.05, 3.63) is 42.2 Å². The highest BCUT2D eigenvalue weighted by Crippen LogP contribution is 2.27. The van der Waals surface area contributed by atoms with Crippen molar-refractivity contribution in [1.29, 1.82) is 0 Å². The van der Waals surface area contributed by atoms with Gasteiger partial charge in [0.05, 0.1) is 0 Å². The predicted molar refractivity (Wildman–Crippen MR) is 60.7 cm³/mol. The molecule has 1 heteroatoms. The van der Waals surface area contributed by atoms with E-state index in [9.17, 15) is 0 Å². The molecule has 0 spiro atoms. The lowest BCUT2D eigenvalue weighted by molar-refractivity contribution is 0.506. The van der Waals surface area contributed by atoms with Gasteiger partial charge in [-0.2, -0.15) is 0 Å². The van der Waals surface area contributed by atoms with Crippen LogP contribution in [0.25, 0.3) is 5.52 Å². The summed E-state index contributed by atoms with van der Waals surface area (Å²) in [6.07, 6.45) is 5.39. The largest absolute Gasteiger partial charge is 0.324 e. The van der Waals surface area contributed by atoms with E-state index in [1.165, 1.54) is 17.5 Å². The highest BCUT2D eigenvalue weighted by atomic mass is 14.8. The molecule has 2 aromatic heterocycles. The summed E-state index contributed by atoms with van der Waals surface area (Å²) in [5.74, 6) is 0. The second kappa shape index (κ2) is 3.16. The molecular weight excluding hydrogens is 170 g/mol. The molecular formula is C13H17N. The average molecular weight is 187 g/mol. The van der Waals surface area contributed by atoms with Gasteiger partial charge in [0.25, 0.3) is 0 Å². The molecule has 0 radical (unpaired) electrons. The summed E-state index contributed by atoms with van der Waals surface area (Å²) in [4.78, 5) is 0. The van der Waals surface area contributed by atoms with Crippen LogP contribution in [0.1, 0.15) is 32.8 Å². The van der Waals surface area contributed by atoms with Crippen LogP contribution in [0, 0.1) is 0 Å². The molecule has 1 nitrogen and oxygen atoms in total. The minimum atomic E-state index is 0.284. The third-order valence-electron chi connectivity index (χ3n) is 3.20. The molecule has 2 heterocycles. The van der Waals surface area contributed by atoms with E-state index in [2.05, 4.69) is 61.8 Å². The maximum absolute atomic E-state index is 2.29. The standard InChI is InChI=1S/C13H17N/c1-4-13(2,3)11-7-9-14-8-5-6-12(14)10-11/h5-10H,4H2,1-3H3. The quantitative estimate of drug-likeness (QED) is 0.676. The van der Waals surface area contributed by atoms with Gasteiger partial charge in [-0.3, -0.25) is 0 Å². The van der Waals surface area contributed by atoms with Crippen molar-refractivity contribution in [2.75, 3.05) is 0 Å². The lowest BCUT2D eigenvalue weighted by Gasteiger charge is -2.23. The average Bonchev–Trinajstić information content (AvgIpc) is 2.64. The van der Waals surface area contributed by atoms with E-state index >= 15 is 0 Å². The molecule has 2 rings (SSSR count). The second-order valence-corrected chi connectivity index (χ2v) is 4.49. The third kappa shape index (κ3) is 1.43. The summed E-state index contributed by atoms with van der Waals surface area (Å²) >= 11 is 0. The smallest absolute Gasteiger partial charge is 0.0452 e. The SMILES string of the molecule is CCC(C)(C)c1ccn2cccc2c1. The van der Waals surface area contributed by atoms with Crippen LogP contribution >= 0.6 is 0 Å². The molecule has 0 bridgehead atoms. The second-order valence-electron chi connectivity index (χ2n) is 4.49. The molecule has 74 valence electrons. The molecule has 2 aromatic rings. The number of rotatable bonds is 2. The van der Waals surface area contributed by atoms with Crippen LogP contribution in [0.5, 0.6) is 0 Å². The number of aromatic nitrogens is 1. The van der Waals surface area contributed by atoms with Gasteiger partial charge >= 0.3 is 0 Å². The Bertz CT molecular complexity index is 437. The van der Waals surface area contributed by atoms with Crippen molar-refractivity contribution < 1.29 is 0 Å². The molecule has 0 amide bonds. The Morgan fingerprint density at radius 1 is 1.21 bits per heavy atom. The summed E-state index contributed by atoms with van der Waals surface area (Å²) in [5, 5.41) is 0. The van der Waals surface area contributed by atoms with Crippen LogP contribution in [-0.2, 0) is 5.41 Å². The fourth-order valence-corrected chi connectivity index (χ4v) is 1.66. The third-order valence-corrected chi connectivity index (χ3v) is 3.20. The van der Waals surface area contributed by atoms with Gasteiger partial charge in [-0.25, -0.2) is 0 Å². The highest BCUT2D eigenvalue weighted by molar-refractivity contribution is 5.50. The molecule has 0 N–H and O–H groups in total. The van der Waals surface area contributed by atoms with Crippen LogP contribution in [0.4, 0.5) is 0 Å². The predicted octanol–water partition coefficient (Wildman–Crippen LogP) is 3.63. The zero-order valence-electron chi connectivity index (χ0n) is 9.12. The van der Waals surface area contributed by atoms with E-state index in [-0.39, 0.29) is 5.41 Å². The molecule has 0 aliphatic rings. The Balaban J connectivity index is 2.53. The summed E-state index contributed by atoms with van der Waals surface area (Å²) in [6, 6.07) is 8.73. The summed E-state index contributed by atoms with van der Waals surface area (Å²) in [7, 11) is 0. The van der Waals surface area contributed by atoms with Crippen molar-refractivity contribution in [2.45, 2.75) is 32.6 Å².